The lowest BCUT2D eigenvalue weighted by Gasteiger charge is -2.11. The Kier molecular flexibility index (Phi) is 4.70. The molecule has 21 heavy (non-hydrogen) atoms. The molecule has 2 aromatic rings. The zero-order valence-electron chi connectivity index (χ0n) is 11.7. The van der Waals surface area contributed by atoms with Gasteiger partial charge in [0.1, 0.15) is 23.7 Å². The van der Waals surface area contributed by atoms with Crippen LogP contribution in [-0.2, 0) is 6.61 Å². The van der Waals surface area contributed by atoms with Gasteiger partial charge >= 0.3 is 5.97 Å². The van der Waals surface area contributed by atoms with Gasteiger partial charge < -0.3 is 14.6 Å². The van der Waals surface area contributed by atoms with Crippen molar-refractivity contribution in [2.75, 3.05) is 7.11 Å². The van der Waals surface area contributed by atoms with Crippen LogP contribution in [0.1, 0.15) is 21.5 Å². The van der Waals surface area contributed by atoms with Gasteiger partial charge in [-0.2, -0.15) is 0 Å². The maximum absolute atomic E-state index is 11.0. The Hall–Kier alpha value is -2.20. The molecule has 0 aliphatic heterocycles. The van der Waals surface area contributed by atoms with E-state index >= 15 is 0 Å². The van der Waals surface area contributed by atoms with Gasteiger partial charge in [-0.1, -0.05) is 23.7 Å². The summed E-state index contributed by atoms with van der Waals surface area (Å²) in [6.45, 7) is 2.23. The molecule has 0 saturated carbocycles. The van der Waals surface area contributed by atoms with Crippen LogP contribution in [0.3, 0.4) is 0 Å². The van der Waals surface area contributed by atoms with E-state index in [1.807, 2.05) is 19.1 Å². The van der Waals surface area contributed by atoms with Gasteiger partial charge in [0.2, 0.25) is 0 Å². The van der Waals surface area contributed by atoms with Gasteiger partial charge in [-0.05, 0) is 42.3 Å². The number of ether oxygens (including phenoxy) is 2. The van der Waals surface area contributed by atoms with Crippen LogP contribution < -0.4 is 9.47 Å². The number of carbonyl (C=O) groups is 1. The first-order valence-corrected chi connectivity index (χ1v) is 6.68. The van der Waals surface area contributed by atoms with Gasteiger partial charge in [0.05, 0.1) is 12.1 Å². The normalized spacial score (nSPS) is 10.2. The summed E-state index contributed by atoms with van der Waals surface area (Å²) in [5.74, 6) is -0.127. The number of benzene rings is 2. The molecule has 0 unspecified atom stereocenters. The standard InChI is InChI=1S/C16H15ClO4/c1-10-3-6-13(17)15(7-10)21-9-11-4-5-12(16(18)19)14(8-11)20-2/h3-8H,9H2,1-2H3,(H,18,19). The van der Waals surface area contributed by atoms with Crippen LogP contribution in [0.25, 0.3) is 0 Å². The highest BCUT2D eigenvalue weighted by atomic mass is 35.5. The van der Waals surface area contributed by atoms with E-state index in [1.165, 1.54) is 13.2 Å². The second kappa shape index (κ2) is 6.50. The monoisotopic (exact) mass is 306 g/mol. The van der Waals surface area contributed by atoms with Crippen molar-refractivity contribution in [1.82, 2.24) is 0 Å². The number of hydrogen-bond acceptors (Lipinski definition) is 3. The lowest BCUT2D eigenvalue weighted by atomic mass is 10.1. The summed E-state index contributed by atoms with van der Waals surface area (Å²) in [7, 11) is 1.43. The summed E-state index contributed by atoms with van der Waals surface area (Å²) in [4.78, 5) is 11.0. The van der Waals surface area contributed by atoms with E-state index in [4.69, 9.17) is 26.2 Å². The largest absolute Gasteiger partial charge is 0.496 e. The first-order chi connectivity index (χ1) is 10.0. The molecule has 0 saturated heterocycles. The van der Waals surface area contributed by atoms with Crippen LogP contribution in [0.15, 0.2) is 36.4 Å². The summed E-state index contributed by atoms with van der Waals surface area (Å²) in [5, 5.41) is 9.57. The Labute approximate surface area is 127 Å². The van der Waals surface area contributed by atoms with Crippen molar-refractivity contribution < 1.29 is 19.4 Å². The summed E-state index contributed by atoms with van der Waals surface area (Å²) >= 11 is 6.06. The number of aromatic carboxylic acids is 1. The van der Waals surface area contributed by atoms with Crippen LogP contribution >= 0.6 is 11.6 Å². The lowest BCUT2D eigenvalue weighted by Crippen LogP contribution is -2.03. The van der Waals surface area contributed by atoms with Gasteiger partial charge in [0.25, 0.3) is 0 Å². The highest BCUT2D eigenvalue weighted by Crippen LogP contribution is 2.27. The number of carboxylic acids is 1. The first-order valence-electron chi connectivity index (χ1n) is 6.30. The SMILES string of the molecule is COc1cc(COc2cc(C)ccc2Cl)ccc1C(=O)O. The topological polar surface area (TPSA) is 55.8 Å². The predicted octanol–water partition coefficient (Wildman–Crippen LogP) is 3.93. The van der Waals surface area contributed by atoms with Crippen molar-refractivity contribution in [3.05, 3.63) is 58.1 Å². The van der Waals surface area contributed by atoms with Crippen LogP contribution in [0.5, 0.6) is 11.5 Å². The Morgan fingerprint density at radius 1 is 1.19 bits per heavy atom. The minimum Gasteiger partial charge on any atom is -0.496 e. The molecule has 0 aliphatic carbocycles. The minimum atomic E-state index is -1.03. The molecule has 1 N–H and O–H groups in total. The van der Waals surface area contributed by atoms with Gasteiger partial charge in [-0.3, -0.25) is 0 Å². The van der Waals surface area contributed by atoms with Gasteiger partial charge in [-0.15, -0.1) is 0 Å². The van der Waals surface area contributed by atoms with E-state index in [0.29, 0.717) is 16.5 Å². The fraction of sp³-hybridized carbons (Fsp3) is 0.188. The molecule has 0 aromatic heterocycles. The third-order valence-corrected chi connectivity index (χ3v) is 3.29. The van der Waals surface area contributed by atoms with E-state index in [1.54, 1.807) is 18.2 Å². The number of carboxylic acid groups (broad SMARTS) is 1. The van der Waals surface area contributed by atoms with Crippen LogP contribution in [0, 0.1) is 6.92 Å². The summed E-state index contributed by atoms with van der Waals surface area (Å²) < 4.78 is 10.7. The first kappa shape index (κ1) is 15.2. The average Bonchev–Trinajstić information content (AvgIpc) is 2.47. The number of halogens is 1. The average molecular weight is 307 g/mol. The van der Waals surface area contributed by atoms with Crippen molar-refractivity contribution in [1.29, 1.82) is 0 Å². The van der Waals surface area contributed by atoms with Crippen LogP contribution in [0.4, 0.5) is 0 Å². The fourth-order valence-corrected chi connectivity index (χ4v) is 2.06. The fourth-order valence-electron chi connectivity index (χ4n) is 1.88. The molecule has 0 radical (unpaired) electrons. The van der Waals surface area contributed by atoms with Crippen molar-refractivity contribution in [3.8, 4) is 11.5 Å². The van der Waals surface area contributed by atoms with Gasteiger partial charge in [-0.25, -0.2) is 4.79 Å². The second-order valence-electron chi connectivity index (χ2n) is 4.56. The Morgan fingerprint density at radius 2 is 1.95 bits per heavy atom. The second-order valence-corrected chi connectivity index (χ2v) is 4.97. The highest BCUT2D eigenvalue weighted by Gasteiger charge is 2.11. The van der Waals surface area contributed by atoms with E-state index in [-0.39, 0.29) is 12.2 Å². The molecule has 5 heteroatoms. The Morgan fingerprint density at radius 3 is 2.62 bits per heavy atom. The van der Waals surface area contributed by atoms with E-state index in [9.17, 15) is 4.79 Å². The molecule has 0 amide bonds. The zero-order chi connectivity index (χ0) is 15.4. The van der Waals surface area contributed by atoms with Crippen molar-refractivity contribution in [2.24, 2.45) is 0 Å². The van der Waals surface area contributed by atoms with Gasteiger partial charge in [0.15, 0.2) is 0 Å². The maximum Gasteiger partial charge on any atom is 0.339 e. The van der Waals surface area contributed by atoms with E-state index in [0.717, 1.165) is 11.1 Å². The smallest absolute Gasteiger partial charge is 0.339 e. The van der Waals surface area contributed by atoms with Gasteiger partial charge in [0, 0.05) is 0 Å². The molecular weight excluding hydrogens is 292 g/mol. The summed E-state index contributed by atoms with van der Waals surface area (Å²) in [6, 6.07) is 10.4. The summed E-state index contributed by atoms with van der Waals surface area (Å²) in [6.07, 6.45) is 0. The van der Waals surface area contributed by atoms with Crippen LogP contribution in [-0.4, -0.2) is 18.2 Å². The molecule has 0 bridgehead atoms. The number of rotatable bonds is 5. The highest BCUT2D eigenvalue weighted by molar-refractivity contribution is 6.32. The van der Waals surface area contributed by atoms with E-state index in [2.05, 4.69) is 0 Å². The Bertz CT molecular complexity index is 667. The minimum absolute atomic E-state index is 0.120. The van der Waals surface area contributed by atoms with Crippen molar-refractivity contribution >= 4 is 17.6 Å². The molecule has 0 spiro atoms. The zero-order valence-corrected chi connectivity index (χ0v) is 12.5. The van der Waals surface area contributed by atoms with Crippen molar-refractivity contribution in [2.45, 2.75) is 13.5 Å². The molecule has 110 valence electrons. The summed E-state index contributed by atoms with van der Waals surface area (Å²) in [5.41, 5.74) is 1.97. The Balaban J connectivity index is 2.17. The number of aryl methyl sites for hydroxylation is 1. The van der Waals surface area contributed by atoms with Crippen molar-refractivity contribution in [3.63, 3.8) is 0 Å². The number of hydrogen-bond donors (Lipinski definition) is 1. The third kappa shape index (κ3) is 3.67. The molecule has 4 nitrogen and oxygen atoms in total. The lowest BCUT2D eigenvalue weighted by molar-refractivity contribution is 0.0693. The quantitative estimate of drug-likeness (QED) is 0.909. The third-order valence-electron chi connectivity index (χ3n) is 2.98. The number of methoxy groups -OCH3 is 1. The molecular formula is C16H15ClO4. The molecule has 0 fully saturated rings. The van der Waals surface area contributed by atoms with Crippen LogP contribution in [0.2, 0.25) is 5.02 Å². The molecule has 0 aliphatic rings. The molecule has 0 heterocycles. The van der Waals surface area contributed by atoms with E-state index < -0.39 is 5.97 Å². The molecule has 2 rings (SSSR count). The molecule has 0 atom stereocenters. The molecule has 2 aromatic carbocycles. The maximum atomic E-state index is 11.0. The predicted molar refractivity (Wildman–Crippen MR) is 80.5 cm³/mol.